The van der Waals surface area contributed by atoms with E-state index in [4.69, 9.17) is 5.10 Å². The van der Waals surface area contributed by atoms with Crippen LogP contribution < -0.4 is 5.32 Å². The summed E-state index contributed by atoms with van der Waals surface area (Å²) in [5.41, 5.74) is 4.29. The molecule has 1 N–H and O–H groups in total. The largest absolute Gasteiger partial charge is 0.323 e. The summed E-state index contributed by atoms with van der Waals surface area (Å²) in [4.78, 5) is 44.0. The van der Waals surface area contributed by atoms with Crippen LogP contribution >= 0.6 is 11.8 Å². The molecule has 3 heterocycles. The molecule has 2 aliphatic heterocycles. The first-order valence-electron chi connectivity index (χ1n) is 12.8. The van der Waals surface area contributed by atoms with E-state index in [0.717, 1.165) is 63.0 Å². The number of benzene rings is 3. The van der Waals surface area contributed by atoms with Crippen LogP contribution in [0.25, 0.3) is 22.2 Å². The minimum atomic E-state index is -0.447. The quantitative estimate of drug-likeness (QED) is 0.295. The van der Waals surface area contributed by atoms with Gasteiger partial charge < -0.3 is 10.2 Å². The highest BCUT2D eigenvalue weighted by molar-refractivity contribution is 8.00. The number of fused-ring (bicyclic) bond motifs is 3. The molecule has 8 nitrogen and oxygen atoms in total. The van der Waals surface area contributed by atoms with Crippen molar-refractivity contribution in [2.45, 2.75) is 30.2 Å². The first-order chi connectivity index (χ1) is 18.5. The molecule has 0 unspecified atom stereocenters. The Kier molecular flexibility index (Phi) is 6.25. The lowest BCUT2D eigenvalue weighted by Gasteiger charge is -2.19. The van der Waals surface area contributed by atoms with E-state index in [9.17, 15) is 14.4 Å². The van der Waals surface area contributed by atoms with Gasteiger partial charge >= 0.3 is 0 Å². The second kappa shape index (κ2) is 9.74. The Morgan fingerprint density at radius 3 is 2.26 bits per heavy atom. The molecule has 0 fully saturated rings. The van der Waals surface area contributed by atoms with E-state index in [0.29, 0.717) is 16.8 Å². The van der Waals surface area contributed by atoms with E-state index < -0.39 is 17.7 Å². The van der Waals surface area contributed by atoms with Crippen molar-refractivity contribution in [1.29, 1.82) is 0 Å². The molecular formula is C29H27N5O3S. The number of imide groups is 1. The highest BCUT2D eigenvalue weighted by Gasteiger charge is 2.36. The van der Waals surface area contributed by atoms with Gasteiger partial charge in [-0.15, -0.1) is 0 Å². The molecule has 0 saturated heterocycles. The minimum Gasteiger partial charge on any atom is -0.323 e. The predicted molar refractivity (Wildman–Crippen MR) is 148 cm³/mol. The van der Waals surface area contributed by atoms with Crippen LogP contribution in [0.1, 0.15) is 34.6 Å². The van der Waals surface area contributed by atoms with Gasteiger partial charge in [0.15, 0.2) is 0 Å². The fourth-order valence-corrected chi connectivity index (χ4v) is 6.33. The summed E-state index contributed by atoms with van der Waals surface area (Å²) in [6, 6.07) is 18.7. The number of nitrogens with one attached hydrogen (secondary N) is 1. The summed E-state index contributed by atoms with van der Waals surface area (Å²) in [7, 11) is 0. The Morgan fingerprint density at radius 2 is 1.58 bits per heavy atom. The molecule has 0 bridgehead atoms. The predicted octanol–water partition coefficient (Wildman–Crippen LogP) is 4.74. The lowest BCUT2D eigenvalue weighted by molar-refractivity contribution is -0.116. The number of nitrogens with zero attached hydrogens (tertiary/aromatic N) is 4. The van der Waals surface area contributed by atoms with Crippen LogP contribution in [-0.2, 0) is 11.3 Å². The van der Waals surface area contributed by atoms with E-state index in [1.165, 1.54) is 0 Å². The maximum atomic E-state index is 13.1. The molecule has 3 amide bonds. The van der Waals surface area contributed by atoms with Crippen LogP contribution in [-0.4, -0.2) is 63.5 Å². The van der Waals surface area contributed by atoms with Gasteiger partial charge in [0, 0.05) is 27.3 Å². The van der Waals surface area contributed by atoms with Crippen LogP contribution in [0.3, 0.4) is 0 Å². The smallest absolute Gasteiger partial charge is 0.262 e. The summed E-state index contributed by atoms with van der Waals surface area (Å²) < 4.78 is 2.06. The Morgan fingerprint density at radius 1 is 0.921 bits per heavy atom. The molecule has 0 radical (unpaired) electrons. The van der Waals surface area contributed by atoms with Crippen LogP contribution in [0.4, 0.5) is 5.69 Å². The molecule has 6 rings (SSSR count). The first-order valence-corrected chi connectivity index (χ1v) is 13.6. The number of amides is 3. The van der Waals surface area contributed by atoms with Crippen molar-refractivity contribution in [3.05, 3.63) is 71.8 Å². The lowest BCUT2D eigenvalue weighted by atomic mass is 10.1. The van der Waals surface area contributed by atoms with Gasteiger partial charge in [-0.25, -0.2) is 0 Å². The number of carbonyl (C=O) groups is 3. The molecule has 0 aliphatic carbocycles. The van der Waals surface area contributed by atoms with Gasteiger partial charge in [0.1, 0.15) is 12.2 Å². The van der Waals surface area contributed by atoms with Gasteiger partial charge in [0.25, 0.3) is 11.8 Å². The Balaban J connectivity index is 1.32. The summed E-state index contributed by atoms with van der Waals surface area (Å²) in [6.45, 7) is 7.59. The second-order valence-corrected chi connectivity index (χ2v) is 10.4. The molecule has 0 spiro atoms. The summed E-state index contributed by atoms with van der Waals surface area (Å²) >= 11 is 1.60. The van der Waals surface area contributed by atoms with E-state index in [1.54, 1.807) is 36.0 Å². The van der Waals surface area contributed by atoms with Gasteiger partial charge in [-0.1, -0.05) is 55.9 Å². The van der Waals surface area contributed by atoms with Crippen molar-refractivity contribution < 1.29 is 14.4 Å². The number of rotatable bonds is 8. The van der Waals surface area contributed by atoms with Gasteiger partial charge in [-0.05, 0) is 43.4 Å². The number of carbonyl (C=O) groups excluding carboxylic acids is 3. The molecule has 192 valence electrons. The van der Waals surface area contributed by atoms with E-state index in [2.05, 4.69) is 40.9 Å². The van der Waals surface area contributed by atoms with Gasteiger partial charge in [0.2, 0.25) is 5.91 Å². The molecule has 0 saturated carbocycles. The van der Waals surface area contributed by atoms with Gasteiger partial charge in [-0.3, -0.25) is 24.0 Å². The second-order valence-electron chi connectivity index (χ2n) is 9.32. The maximum Gasteiger partial charge on any atom is 0.262 e. The Bertz CT molecular complexity index is 1570. The highest BCUT2D eigenvalue weighted by Crippen LogP contribution is 2.50. The summed E-state index contributed by atoms with van der Waals surface area (Å²) in [5.74, 6) is -1.32. The maximum absolute atomic E-state index is 13.1. The van der Waals surface area contributed by atoms with Crippen molar-refractivity contribution in [1.82, 2.24) is 19.6 Å². The molecule has 9 heteroatoms. The number of anilines is 1. The van der Waals surface area contributed by atoms with Crippen LogP contribution in [0, 0.1) is 0 Å². The summed E-state index contributed by atoms with van der Waals surface area (Å²) in [5, 5.41) is 8.99. The zero-order valence-electron chi connectivity index (χ0n) is 21.2. The molecule has 38 heavy (non-hydrogen) atoms. The van der Waals surface area contributed by atoms with Gasteiger partial charge in [0.05, 0.1) is 28.9 Å². The van der Waals surface area contributed by atoms with Crippen LogP contribution in [0.5, 0.6) is 0 Å². The monoisotopic (exact) mass is 525 g/mol. The van der Waals surface area contributed by atoms with Crippen molar-refractivity contribution in [3.63, 3.8) is 0 Å². The number of hydrogen-bond donors (Lipinski definition) is 1. The van der Waals surface area contributed by atoms with E-state index in [-0.39, 0.29) is 6.54 Å². The topological polar surface area (TPSA) is 87.5 Å². The van der Waals surface area contributed by atoms with Gasteiger partial charge in [-0.2, -0.15) is 5.10 Å². The Hall–Kier alpha value is -3.95. The normalized spacial score (nSPS) is 13.8. The SMILES string of the molecule is CCN(CC)CCn1nc2c3c(c(NC(=O)CN4C(=O)c5ccccc5C4=O)ccc31)Sc1ccccc1-2. The third kappa shape index (κ3) is 3.99. The fraction of sp³-hybridized carbons (Fsp3) is 0.241. The number of likely N-dealkylation sites (N-methyl/N-ethyl adjacent to an activating group) is 1. The third-order valence-electron chi connectivity index (χ3n) is 7.20. The number of aromatic nitrogens is 2. The van der Waals surface area contributed by atoms with Crippen LogP contribution in [0.15, 0.2) is 70.5 Å². The highest BCUT2D eigenvalue weighted by atomic mass is 32.2. The minimum absolute atomic E-state index is 0.329. The van der Waals surface area contributed by atoms with Crippen molar-refractivity contribution in [2.24, 2.45) is 0 Å². The van der Waals surface area contributed by atoms with E-state index in [1.807, 2.05) is 24.3 Å². The number of hydrogen-bond acceptors (Lipinski definition) is 6. The molecule has 4 aromatic rings. The average Bonchev–Trinajstić information content (AvgIpc) is 3.43. The molecule has 1 aromatic heterocycles. The lowest BCUT2D eigenvalue weighted by Crippen LogP contribution is -2.37. The summed E-state index contributed by atoms with van der Waals surface area (Å²) in [6.07, 6.45) is 0. The molecule has 3 aromatic carbocycles. The molecular weight excluding hydrogens is 498 g/mol. The standard InChI is InChI=1S/C29H27N5O3S/c1-3-32(4-2)15-16-34-22-14-13-21(27-25(22)26(31-34)20-11-7-8-12-23(20)38-27)30-24(35)17-33-28(36)18-9-5-6-10-19(18)29(33)37/h5-14H,3-4,15-17H2,1-2H3,(H,30,35). The van der Waals surface area contributed by atoms with Crippen molar-refractivity contribution >= 4 is 46.1 Å². The molecule has 0 atom stereocenters. The van der Waals surface area contributed by atoms with Crippen LogP contribution in [0.2, 0.25) is 0 Å². The van der Waals surface area contributed by atoms with E-state index >= 15 is 0 Å². The molecule has 2 aliphatic rings. The van der Waals surface area contributed by atoms with Crippen molar-refractivity contribution in [3.8, 4) is 11.3 Å². The Labute approximate surface area is 224 Å². The van der Waals surface area contributed by atoms with Crippen molar-refractivity contribution in [2.75, 3.05) is 31.5 Å². The first kappa shape index (κ1) is 24.4. The zero-order valence-corrected chi connectivity index (χ0v) is 22.0. The third-order valence-corrected chi connectivity index (χ3v) is 8.41. The zero-order chi connectivity index (χ0) is 26.4. The average molecular weight is 526 g/mol. The fourth-order valence-electron chi connectivity index (χ4n) is 5.16.